The highest BCUT2D eigenvalue weighted by atomic mass is 16.5. The Hall–Kier alpha value is -2.67. The summed E-state index contributed by atoms with van der Waals surface area (Å²) < 4.78 is 7.46. The van der Waals surface area contributed by atoms with Crippen molar-refractivity contribution >= 4 is 33.7 Å². The van der Waals surface area contributed by atoms with Crippen molar-refractivity contribution in [3.8, 4) is 0 Å². The Morgan fingerprint density at radius 1 is 1.27 bits per heavy atom. The van der Waals surface area contributed by atoms with E-state index < -0.39 is 0 Å². The number of nitrogens with two attached hydrogens (primary N) is 1. The van der Waals surface area contributed by atoms with Crippen molar-refractivity contribution in [3.63, 3.8) is 0 Å². The Labute approximate surface area is 152 Å². The van der Waals surface area contributed by atoms with Crippen LogP contribution in [0.15, 0.2) is 24.3 Å². The van der Waals surface area contributed by atoms with Crippen LogP contribution in [0.5, 0.6) is 0 Å². The second-order valence-electron chi connectivity index (χ2n) is 6.32. The first kappa shape index (κ1) is 18.1. The number of fused-ring (bicyclic) bond motifs is 3. The number of aromatic nitrogens is 3. The Morgan fingerprint density at radius 2 is 2.08 bits per heavy atom. The predicted molar refractivity (Wildman–Crippen MR) is 103 cm³/mol. The molecule has 7 heteroatoms. The molecule has 7 nitrogen and oxygen atoms in total. The van der Waals surface area contributed by atoms with Crippen molar-refractivity contribution in [3.05, 3.63) is 30.1 Å². The molecule has 0 bridgehead atoms. The van der Waals surface area contributed by atoms with Gasteiger partial charge in [-0.05, 0) is 18.9 Å². The molecule has 0 aliphatic heterocycles. The van der Waals surface area contributed by atoms with Gasteiger partial charge in [-0.3, -0.25) is 4.79 Å². The molecule has 2 heterocycles. The third-order valence-electron chi connectivity index (χ3n) is 4.40. The van der Waals surface area contributed by atoms with Crippen molar-refractivity contribution in [2.24, 2.45) is 0 Å². The van der Waals surface area contributed by atoms with E-state index in [0.29, 0.717) is 25.4 Å². The van der Waals surface area contributed by atoms with Gasteiger partial charge in [0, 0.05) is 38.9 Å². The van der Waals surface area contributed by atoms with Crippen LogP contribution in [0.1, 0.15) is 25.6 Å². The molecular weight excluding hydrogens is 330 g/mol. The first-order chi connectivity index (χ1) is 12.6. The molecule has 26 heavy (non-hydrogen) atoms. The van der Waals surface area contributed by atoms with E-state index in [1.807, 2.05) is 18.2 Å². The van der Waals surface area contributed by atoms with Crippen molar-refractivity contribution in [2.75, 3.05) is 26.0 Å². The molecule has 3 rings (SSSR count). The lowest BCUT2D eigenvalue weighted by Gasteiger charge is -2.11. The SMILES string of the molecule is COCCc1nc2c(N)nc3ccccc3c2n1CCCCNC(C)=O. The minimum Gasteiger partial charge on any atom is -0.384 e. The van der Waals surface area contributed by atoms with E-state index in [1.54, 1.807) is 7.11 Å². The van der Waals surface area contributed by atoms with Crippen LogP contribution in [0.3, 0.4) is 0 Å². The van der Waals surface area contributed by atoms with Gasteiger partial charge in [0.2, 0.25) is 5.91 Å². The van der Waals surface area contributed by atoms with E-state index >= 15 is 0 Å². The number of amides is 1. The standard InChI is InChI=1S/C19H25N5O2/c1-13(25)21-10-5-6-11-24-16(9-12-26-2)23-17-18(24)14-7-3-4-8-15(14)22-19(17)20/h3-4,7-8H,5-6,9-12H2,1-2H3,(H2,20,22)(H,21,25). The molecule has 0 aliphatic carbocycles. The number of nitrogens with one attached hydrogen (secondary N) is 1. The quantitative estimate of drug-likeness (QED) is 0.605. The average Bonchev–Trinajstić information content (AvgIpc) is 2.99. The zero-order valence-corrected chi connectivity index (χ0v) is 15.3. The molecule has 3 N–H and O–H groups in total. The minimum absolute atomic E-state index is 0.00343. The molecule has 138 valence electrons. The summed E-state index contributed by atoms with van der Waals surface area (Å²) in [7, 11) is 1.69. The van der Waals surface area contributed by atoms with Crippen molar-refractivity contribution in [2.45, 2.75) is 32.7 Å². The number of hydrogen-bond donors (Lipinski definition) is 2. The van der Waals surface area contributed by atoms with Gasteiger partial charge in [-0.1, -0.05) is 18.2 Å². The molecule has 0 spiro atoms. The van der Waals surface area contributed by atoms with Crippen LogP contribution in [0.2, 0.25) is 0 Å². The van der Waals surface area contributed by atoms with E-state index in [1.165, 1.54) is 6.92 Å². The fourth-order valence-corrected chi connectivity index (χ4v) is 3.19. The number of aryl methyl sites for hydroxylation is 1. The van der Waals surface area contributed by atoms with Crippen LogP contribution >= 0.6 is 0 Å². The second kappa shape index (κ2) is 8.14. The first-order valence-corrected chi connectivity index (χ1v) is 8.88. The maximum Gasteiger partial charge on any atom is 0.216 e. The average molecular weight is 355 g/mol. The number of imidazole rings is 1. The third kappa shape index (κ3) is 3.77. The fraction of sp³-hybridized carbons (Fsp3) is 0.421. The molecule has 0 unspecified atom stereocenters. The molecule has 0 fully saturated rings. The summed E-state index contributed by atoms with van der Waals surface area (Å²) in [5.74, 6) is 1.41. The summed E-state index contributed by atoms with van der Waals surface area (Å²) in [6, 6.07) is 7.98. The highest BCUT2D eigenvalue weighted by Gasteiger charge is 2.16. The lowest BCUT2D eigenvalue weighted by molar-refractivity contribution is -0.118. The van der Waals surface area contributed by atoms with Crippen LogP contribution in [-0.4, -0.2) is 40.7 Å². The summed E-state index contributed by atoms with van der Waals surface area (Å²) in [6.45, 7) is 3.62. The van der Waals surface area contributed by atoms with Crippen LogP contribution in [0.4, 0.5) is 5.82 Å². The van der Waals surface area contributed by atoms with Gasteiger partial charge in [0.05, 0.1) is 17.6 Å². The van der Waals surface area contributed by atoms with E-state index in [9.17, 15) is 4.79 Å². The summed E-state index contributed by atoms with van der Waals surface area (Å²) in [4.78, 5) is 20.2. The van der Waals surface area contributed by atoms with Crippen LogP contribution in [0, 0.1) is 0 Å². The molecule has 1 amide bonds. The molecule has 1 aromatic carbocycles. The van der Waals surface area contributed by atoms with E-state index in [-0.39, 0.29) is 5.91 Å². The van der Waals surface area contributed by atoms with Crippen molar-refractivity contribution in [1.29, 1.82) is 0 Å². The Morgan fingerprint density at radius 3 is 2.85 bits per heavy atom. The van der Waals surface area contributed by atoms with E-state index in [4.69, 9.17) is 15.5 Å². The number of benzene rings is 1. The first-order valence-electron chi connectivity index (χ1n) is 8.88. The largest absolute Gasteiger partial charge is 0.384 e. The smallest absolute Gasteiger partial charge is 0.216 e. The van der Waals surface area contributed by atoms with Gasteiger partial charge in [-0.2, -0.15) is 0 Å². The summed E-state index contributed by atoms with van der Waals surface area (Å²) in [6.07, 6.45) is 2.55. The topological polar surface area (TPSA) is 95.1 Å². The lowest BCUT2D eigenvalue weighted by atomic mass is 10.2. The van der Waals surface area contributed by atoms with Gasteiger partial charge in [-0.15, -0.1) is 0 Å². The van der Waals surface area contributed by atoms with Gasteiger partial charge in [-0.25, -0.2) is 9.97 Å². The van der Waals surface area contributed by atoms with E-state index in [0.717, 1.165) is 47.1 Å². The van der Waals surface area contributed by atoms with Crippen LogP contribution in [0.25, 0.3) is 21.9 Å². The highest BCUT2D eigenvalue weighted by molar-refractivity contribution is 6.06. The zero-order valence-electron chi connectivity index (χ0n) is 15.3. The normalized spacial score (nSPS) is 11.3. The number of carbonyl (C=O) groups excluding carboxylic acids is 1. The number of methoxy groups -OCH3 is 1. The summed E-state index contributed by atoms with van der Waals surface area (Å²) >= 11 is 0. The monoisotopic (exact) mass is 355 g/mol. The van der Waals surface area contributed by atoms with Crippen LogP contribution < -0.4 is 11.1 Å². The predicted octanol–water partition coefficient (Wildman–Crippen LogP) is 2.27. The number of para-hydroxylation sites is 1. The van der Waals surface area contributed by atoms with Gasteiger partial charge in [0.25, 0.3) is 0 Å². The van der Waals surface area contributed by atoms with Gasteiger partial charge in [0.15, 0.2) is 5.82 Å². The van der Waals surface area contributed by atoms with Gasteiger partial charge in [0.1, 0.15) is 11.3 Å². The Bertz CT molecular complexity index is 919. The van der Waals surface area contributed by atoms with E-state index in [2.05, 4.69) is 20.9 Å². The molecule has 0 saturated carbocycles. The molecule has 0 saturated heterocycles. The molecule has 0 aliphatic rings. The molecule has 0 radical (unpaired) electrons. The second-order valence-corrected chi connectivity index (χ2v) is 6.32. The Kier molecular flexibility index (Phi) is 5.68. The highest BCUT2D eigenvalue weighted by Crippen LogP contribution is 2.29. The maximum atomic E-state index is 11.0. The number of anilines is 1. The Balaban J connectivity index is 1.97. The number of nitrogens with zero attached hydrogens (tertiary/aromatic N) is 3. The number of hydrogen-bond acceptors (Lipinski definition) is 5. The summed E-state index contributed by atoms with van der Waals surface area (Å²) in [5.41, 5.74) is 8.82. The number of nitrogen functional groups attached to an aromatic ring is 1. The van der Waals surface area contributed by atoms with Gasteiger partial charge >= 0.3 is 0 Å². The lowest BCUT2D eigenvalue weighted by Crippen LogP contribution is -2.21. The molecule has 0 atom stereocenters. The third-order valence-corrected chi connectivity index (χ3v) is 4.40. The zero-order chi connectivity index (χ0) is 18.5. The number of carbonyl (C=O) groups is 1. The summed E-state index contributed by atoms with van der Waals surface area (Å²) in [5, 5.41) is 3.89. The molecular formula is C19H25N5O2. The van der Waals surface area contributed by atoms with Gasteiger partial charge < -0.3 is 20.4 Å². The number of pyridine rings is 1. The van der Waals surface area contributed by atoms with Crippen LogP contribution in [-0.2, 0) is 22.5 Å². The minimum atomic E-state index is 0.00343. The maximum absolute atomic E-state index is 11.0. The number of ether oxygens (including phenoxy) is 1. The number of rotatable bonds is 8. The fourth-order valence-electron chi connectivity index (χ4n) is 3.19. The molecule has 3 aromatic rings. The number of unbranched alkanes of at least 4 members (excludes halogenated alkanes) is 1. The molecule has 2 aromatic heterocycles. The van der Waals surface area contributed by atoms with Crippen molar-refractivity contribution < 1.29 is 9.53 Å². The van der Waals surface area contributed by atoms with Crippen molar-refractivity contribution in [1.82, 2.24) is 19.9 Å².